The summed E-state index contributed by atoms with van der Waals surface area (Å²) in [6.45, 7) is 0. The van der Waals surface area contributed by atoms with E-state index in [1.807, 2.05) is 36.4 Å². The lowest BCUT2D eigenvalue weighted by Gasteiger charge is -2.01. The average molecular weight is 181 g/mol. The van der Waals surface area contributed by atoms with Crippen LogP contribution in [-0.4, -0.2) is 5.91 Å². The summed E-state index contributed by atoms with van der Waals surface area (Å²) in [6.07, 6.45) is 9.30. The van der Waals surface area contributed by atoms with Crippen molar-refractivity contribution in [3.8, 4) is 0 Å². The zero-order chi connectivity index (χ0) is 9.54. The van der Waals surface area contributed by atoms with Gasteiger partial charge in [0.05, 0.1) is 5.36 Å². The van der Waals surface area contributed by atoms with Gasteiger partial charge in [0.25, 0.3) is 5.91 Å². The van der Waals surface area contributed by atoms with Gasteiger partial charge in [-0.2, -0.15) is 0 Å². The average Bonchev–Trinajstić information content (AvgIpc) is 2.65. The summed E-state index contributed by atoms with van der Waals surface area (Å²) < 4.78 is 0. The number of allylic oxidation sites excluding steroid dienone is 1. The molecule has 2 heteroatoms. The fourth-order valence-electron chi connectivity index (χ4n) is 1.78. The molecule has 0 saturated heterocycles. The lowest BCUT2D eigenvalue weighted by molar-refractivity contribution is -0.113. The van der Waals surface area contributed by atoms with Gasteiger partial charge >= 0.3 is 0 Å². The number of benzene rings is 1. The Morgan fingerprint density at radius 2 is 1.86 bits per heavy atom. The molecular formula is C12H7NO. The number of carbonyl (C=O) groups excluding carboxylic acids is 1. The van der Waals surface area contributed by atoms with Crippen molar-refractivity contribution in [2.75, 3.05) is 0 Å². The zero-order valence-electron chi connectivity index (χ0n) is 7.40. The second kappa shape index (κ2) is 2.51. The van der Waals surface area contributed by atoms with Crippen LogP contribution in [0.5, 0.6) is 0 Å². The quantitative estimate of drug-likeness (QED) is 0.578. The number of hydrogen-bond donors (Lipinski definition) is 0. The van der Waals surface area contributed by atoms with Crippen molar-refractivity contribution >= 4 is 24.1 Å². The number of rotatable bonds is 0. The molecule has 0 bridgehead atoms. The molecule has 14 heavy (non-hydrogen) atoms. The first kappa shape index (κ1) is 7.44. The fourth-order valence-corrected chi connectivity index (χ4v) is 1.78. The molecule has 0 unspecified atom stereocenters. The third kappa shape index (κ3) is 0.909. The molecule has 66 valence electrons. The molecule has 0 spiro atoms. The highest BCUT2D eigenvalue weighted by Gasteiger charge is 2.07. The van der Waals surface area contributed by atoms with Crippen LogP contribution in [-0.2, 0) is 4.79 Å². The molecule has 2 nitrogen and oxygen atoms in total. The monoisotopic (exact) mass is 181 g/mol. The molecule has 0 atom stereocenters. The third-order valence-corrected chi connectivity index (χ3v) is 2.45. The Bertz CT molecular complexity index is 606. The molecule has 3 rings (SSSR count). The molecule has 0 fully saturated rings. The Balaban J connectivity index is 2.51. The lowest BCUT2D eigenvalue weighted by atomic mass is 10.1. The summed E-state index contributed by atoms with van der Waals surface area (Å²) in [5.74, 6) is -0.175. The van der Waals surface area contributed by atoms with Crippen molar-refractivity contribution in [2.24, 2.45) is 4.99 Å². The van der Waals surface area contributed by atoms with Gasteiger partial charge < -0.3 is 0 Å². The van der Waals surface area contributed by atoms with E-state index in [1.54, 1.807) is 0 Å². The Hall–Kier alpha value is -1.96. The third-order valence-electron chi connectivity index (χ3n) is 2.45. The smallest absolute Gasteiger partial charge is 0.267 e. The minimum atomic E-state index is -0.175. The predicted octanol–water partition coefficient (Wildman–Crippen LogP) is 0.667. The molecule has 1 heterocycles. The van der Waals surface area contributed by atoms with Crippen molar-refractivity contribution in [1.82, 2.24) is 0 Å². The molecule has 0 radical (unpaired) electrons. The summed E-state index contributed by atoms with van der Waals surface area (Å²) in [5, 5.41) is 1.86. The van der Waals surface area contributed by atoms with Crippen LogP contribution in [0.4, 0.5) is 0 Å². The highest BCUT2D eigenvalue weighted by molar-refractivity contribution is 5.94. The van der Waals surface area contributed by atoms with E-state index < -0.39 is 0 Å². The summed E-state index contributed by atoms with van der Waals surface area (Å²) >= 11 is 0. The first-order valence-electron chi connectivity index (χ1n) is 4.47. The fraction of sp³-hybridized carbons (Fsp3) is 0. The Kier molecular flexibility index (Phi) is 1.34. The van der Waals surface area contributed by atoms with E-state index in [2.05, 4.69) is 4.99 Å². The maximum absolute atomic E-state index is 11.1. The maximum atomic E-state index is 11.1. The molecule has 1 aromatic carbocycles. The molecule has 1 amide bonds. The minimum Gasteiger partial charge on any atom is -0.267 e. The first-order valence-corrected chi connectivity index (χ1v) is 4.47. The standard InChI is InChI=1S/C12H7NO/c14-11-7-6-9-5-4-8-2-1-3-10(8)12(9)13-11/h1-7H. The van der Waals surface area contributed by atoms with E-state index >= 15 is 0 Å². The second-order valence-corrected chi connectivity index (χ2v) is 3.32. The summed E-state index contributed by atoms with van der Waals surface area (Å²) in [4.78, 5) is 15.2. The molecule has 1 aliphatic carbocycles. The molecule has 0 N–H and O–H groups in total. The van der Waals surface area contributed by atoms with E-state index in [0.717, 1.165) is 21.7 Å². The molecule has 2 aliphatic rings. The molecule has 0 aromatic heterocycles. The van der Waals surface area contributed by atoms with E-state index in [4.69, 9.17) is 0 Å². The summed E-state index contributed by atoms with van der Waals surface area (Å²) in [5.41, 5.74) is 2.15. The highest BCUT2D eigenvalue weighted by atomic mass is 16.1. The van der Waals surface area contributed by atoms with Gasteiger partial charge in [-0.3, -0.25) is 4.79 Å². The maximum Gasteiger partial charge on any atom is 0.270 e. The number of fused-ring (bicyclic) bond motifs is 3. The second-order valence-electron chi connectivity index (χ2n) is 3.32. The van der Waals surface area contributed by atoms with Gasteiger partial charge in [0, 0.05) is 16.9 Å². The van der Waals surface area contributed by atoms with E-state index in [1.165, 1.54) is 6.08 Å². The van der Waals surface area contributed by atoms with Crippen LogP contribution in [0.1, 0.15) is 11.1 Å². The van der Waals surface area contributed by atoms with Crippen molar-refractivity contribution in [2.45, 2.75) is 0 Å². The van der Waals surface area contributed by atoms with Crippen LogP contribution in [0, 0.1) is 0 Å². The highest BCUT2D eigenvalue weighted by Crippen LogP contribution is 2.05. The summed E-state index contributed by atoms with van der Waals surface area (Å²) in [6, 6.07) is 4.04. The van der Waals surface area contributed by atoms with Crippen LogP contribution < -0.4 is 10.6 Å². The van der Waals surface area contributed by atoms with E-state index in [-0.39, 0.29) is 5.91 Å². The van der Waals surface area contributed by atoms with Crippen LogP contribution in [0.15, 0.2) is 29.3 Å². The van der Waals surface area contributed by atoms with Gasteiger partial charge in [-0.1, -0.05) is 30.4 Å². The SMILES string of the molecule is O=C1C=Cc2ccc3c(c2=N1)=CC=C3. The van der Waals surface area contributed by atoms with Crippen LogP contribution in [0.2, 0.25) is 0 Å². The number of hydrogen-bond acceptors (Lipinski definition) is 1. The van der Waals surface area contributed by atoms with Gasteiger partial charge in [0.1, 0.15) is 0 Å². The van der Waals surface area contributed by atoms with Crippen molar-refractivity contribution < 1.29 is 4.79 Å². The minimum absolute atomic E-state index is 0.175. The normalized spacial score (nSPS) is 15.9. The van der Waals surface area contributed by atoms with Gasteiger partial charge in [0.15, 0.2) is 0 Å². The van der Waals surface area contributed by atoms with Crippen LogP contribution in [0.3, 0.4) is 0 Å². The Labute approximate surface area is 80.6 Å². The van der Waals surface area contributed by atoms with Gasteiger partial charge in [-0.05, 0) is 11.6 Å². The van der Waals surface area contributed by atoms with Gasteiger partial charge in [0.2, 0.25) is 0 Å². The Morgan fingerprint density at radius 1 is 1.00 bits per heavy atom. The number of nitrogens with zero attached hydrogens (tertiary/aromatic N) is 1. The van der Waals surface area contributed by atoms with E-state index in [0.29, 0.717) is 0 Å². The predicted molar refractivity (Wildman–Crippen MR) is 54.8 cm³/mol. The van der Waals surface area contributed by atoms with Crippen molar-refractivity contribution in [3.05, 3.63) is 46.0 Å². The molecule has 0 saturated carbocycles. The van der Waals surface area contributed by atoms with Crippen LogP contribution >= 0.6 is 0 Å². The number of carbonyl (C=O) groups is 1. The largest absolute Gasteiger partial charge is 0.270 e. The first-order chi connectivity index (χ1) is 6.84. The lowest BCUT2D eigenvalue weighted by Crippen LogP contribution is -2.31. The van der Waals surface area contributed by atoms with Gasteiger partial charge in [-0.25, -0.2) is 4.99 Å². The summed E-state index contributed by atoms with van der Waals surface area (Å²) in [7, 11) is 0. The molecule has 1 aliphatic heterocycles. The Morgan fingerprint density at radius 3 is 2.79 bits per heavy atom. The van der Waals surface area contributed by atoms with Crippen LogP contribution in [0.25, 0.3) is 18.2 Å². The topological polar surface area (TPSA) is 29.4 Å². The molecular weight excluding hydrogens is 174 g/mol. The van der Waals surface area contributed by atoms with Crippen molar-refractivity contribution in [1.29, 1.82) is 0 Å². The number of amides is 1. The van der Waals surface area contributed by atoms with Crippen molar-refractivity contribution in [3.63, 3.8) is 0 Å². The zero-order valence-corrected chi connectivity index (χ0v) is 7.40. The van der Waals surface area contributed by atoms with E-state index in [9.17, 15) is 4.79 Å². The van der Waals surface area contributed by atoms with Gasteiger partial charge in [-0.15, -0.1) is 0 Å². The molecule has 1 aromatic rings.